The number of fused-ring (bicyclic) bond motifs is 1. The van der Waals surface area contributed by atoms with Crippen LogP contribution in [0.4, 0.5) is 5.69 Å². The van der Waals surface area contributed by atoms with Gasteiger partial charge in [-0.1, -0.05) is 12.1 Å². The van der Waals surface area contributed by atoms with Crippen LogP contribution in [0.25, 0.3) is 0 Å². The van der Waals surface area contributed by atoms with Gasteiger partial charge < -0.3 is 14.1 Å². The fourth-order valence-corrected chi connectivity index (χ4v) is 5.08. The van der Waals surface area contributed by atoms with Gasteiger partial charge in [0.05, 0.1) is 31.3 Å². The van der Waals surface area contributed by atoms with Gasteiger partial charge in [-0.2, -0.15) is 5.10 Å². The van der Waals surface area contributed by atoms with Crippen LogP contribution in [-0.2, 0) is 4.79 Å². The Morgan fingerprint density at radius 3 is 2.77 bits per heavy atom. The molecule has 7 heteroatoms. The average molecular weight is 434 g/mol. The van der Waals surface area contributed by atoms with Crippen molar-refractivity contribution in [3.63, 3.8) is 0 Å². The number of rotatable bonds is 5. The molecule has 3 aromatic rings. The van der Waals surface area contributed by atoms with E-state index >= 15 is 0 Å². The van der Waals surface area contributed by atoms with Gasteiger partial charge in [-0.15, -0.1) is 11.8 Å². The van der Waals surface area contributed by atoms with Crippen molar-refractivity contribution < 1.29 is 13.9 Å². The molecule has 1 amide bonds. The van der Waals surface area contributed by atoms with Crippen LogP contribution < -0.4 is 9.64 Å². The number of methoxy groups -OCH3 is 1. The fraction of sp³-hybridized carbons (Fsp3) is 0.250. The summed E-state index contributed by atoms with van der Waals surface area (Å²) in [6, 6.07) is 19.5. The second-order valence-electron chi connectivity index (χ2n) is 7.49. The first-order chi connectivity index (χ1) is 15.2. The maximum absolute atomic E-state index is 13.4. The molecular weight excluding hydrogens is 410 g/mol. The van der Waals surface area contributed by atoms with E-state index in [9.17, 15) is 4.79 Å². The summed E-state index contributed by atoms with van der Waals surface area (Å²) in [5.74, 6) is 2.47. The zero-order valence-electron chi connectivity index (χ0n) is 17.2. The van der Waals surface area contributed by atoms with E-state index in [2.05, 4.69) is 17.0 Å². The molecule has 5 rings (SSSR count). The second-order valence-corrected chi connectivity index (χ2v) is 8.62. The third kappa shape index (κ3) is 3.93. The lowest BCUT2D eigenvalue weighted by Crippen LogP contribution is -2.40. The SMILES string of the molecule is COc1ccc(C2=NN(C(=O)CN3CCSc4ccccc43)[C@H](c3ccco3)C2)cc1. The number of anilines is 1. The third-order valence-electron chi connectivity index (χ3n) is 5.61. The van der Waals surface area contributed by atoms with Gasteiger partial charge in [0.1, 0.15) is 17.6 Å². The Kier molecular flexibility index (Phi) is 5.42. The number of hydrazone groups is 1. The monoisotopic (exact) mass is 433 g/mol. The number of carbonyl (C=O) groups is 1. The molecule has 3 heterocycles. The highest BCUT2D eigenvalue weighted by atomic mass is 32.2. The number of carbonyl (C=O) groups excluding carboxylic acids is 1. The van der Waals surface area contributed by atoms with Crippen molar-refractivity contribution >= 4 is 29.1 Å². The summed E-state index contributed by atoms with van der Waals surface area (Å²) in [4.78, 5) is 16.8. The number of ether oxygens (including phenoxy) is 1. The highest BCUT2D eigenvalue weighted by molar-refractivity contribution is 7.99. The number of thioether (sulfide) groups is 1. The lowest BCUT2D eigenvalue weighted by molar-refractivity contribution is -0.131. The van der Waals surface area contributed by atoms with E-state index in [1.54, 1.807) is 18.4 Å². The van der Waals surface area contributed by atoms with E-state index in [1.165, 1.54) is 4.90 Å². The van der Waals surface area contributed by atoms with E-state index in [1.807, 2.05) is 60.3 Å². The van der Waals surface area contributed by atoms with Crippen LogP contribution in [-0.4, -0.2) is 42.6 Å². The summed E-state index contributed by atoms with van der Waals surface area (Å²) in [5, 5.41) is 6.34. The zero-order chi connectivity index (χ0) is 21.2. The Labute approximate surface area is 185 Å². The van der Waals surface area contributed by atoms with Crippen molar-refractivity contribution in [2.45, 2.75) is 17.4 Å². The van der Waals surface area contributed by atoms with Gasteiger partial charge in [-0.3, -0.25) is 4.79 Å². The maximum atomic E-state index is 13.4. The van der Waals surface area contributed by atoms with E-state index in [0.717, 1.165) is 40.8 Å². The number of para-hydroxylation sites is 1. The number of nitrogens with zero attached hydrogens (tertiary/aromatic N) is 3. The summed E-state index contributed by atoms with van der Waals surface area (Å²) < 4.78 is 10.9. The Morgan fingerprint density at radius 1 is 1.16 bits per heavy atom. The molecule has 0 fully saturated rings. The number of furan rings is 1. The molecule has 2 aliphatic rings. The third-order valence-corrected chi connectivity index (χ3v) is 6.65. The number of benzene rings is 2. The predicted octanol–water partition coefficient (Wildman–Crippen LogP) is 4.58. The highest BCUT2D eigenvalue weighted by Gasteiger charge is 2.35. The summed E-state index contributed by atoms with van der Waals surface area (Å²) in [6.45, 7) is 1.12. The van der Waals surface area contributed by atoms with Crippen molar-refractivity contribution in [2.75, 3.05) is 30.9 Å². The second kappa shape index (κ2) is 8.51. The van der Waals surface area contributed by atoms with Crippen molar-refractivity contribution in [3.8, 4) is 5.75 Å². The molecule has 31 heavy (non-hydrogen) atoms. The first-order valence-corrected chi connectivity index (χ1v) is 11.3. The normalized spacial score (nSPS) is 18.0. The van der Waals surface area contributed by atoms with Crippen LogP contribution >= 0.6 is 11.8 Å². The van der Waals surface area contributed by atoms with Gasteiger partial charge in [0.2, 0.25) is 0 Å². The summed E-state index contributed by atoms with van der Waals surface area (Å²) in [6.07, 6.45) is 2.25. The van der Waals surface area contributed by atoms with E-state index in [-0.39, 0.29) is 18.5 Å². The van der Waals surface area contributed by atoms with Crippen LogP contribution in [0.15, 0.2) is 81.3 Å². The number of hydrogen-bond donors (Lipinski definition) is 0. The Hall–Kier alpha value is -3.19. The first-order valence-electron chi connectivity index (χ1n) is 10.3. The summed E-state index contributed by atoms with van der Waals surface area (Å²) >= 11 is 1.83. The first kappa shape index (κ1) is 19.8. The predicted molar refractivity (Wildman–Crippen MR) is 122 cm³/mol. The molecule has 2 aromatic carbocycles. The molecule has 6 nitrogen and oxygen atoms in total. The van der Waals surface area contributed by atoms with Crippen LogP contribution in [0.3, 0.4) is 0 Å². The highest BCUT2D eigenvalue weighted by Crippen LogP contribution is 2.36. The molecule has 0 radical (unpaired) electrons. The minimum absolute atomic E-state index is 0.0355. The molecule has 1 aromatic heterocycles. The van der Waals surface area contributed by atoms with Gasteiger partial charge in [-0.25, -0.2) is 5.01 Å². The van der Waals surface area contributed by atoms with E-state index in [4.69, 9.17) is 14.3 Å². The molecule has 158 valence electrons. The van der Waals surface area contributed by atoms with Gasteiger partial charge in [0, 0.05) is 23.6 Å². The number of amides is 1. The standard InChI is InChI=1S/C24H23N3O3S/c1-29-18-10-8-17(9-11-18)19-15-21(22-6-4-13-30-22)27(25-19)24(28)16-26-12-14-31-23-7-3-2-5-20(23)26/h2-11,13,21H,12,14-16H2,1H3/t21-/m0/s1. The number of hydrogen-bond acceptors (Lipinski definition) is 6. The van der Waals surface area contributed by atoms with Crippen molar-refractivity contribution in [1.29, 1.82) is 0 Å². The fourth-order valence-electron chi connectivity index (χ4n) is 4.03. The largest absolute Gasteiger partial charge is 0.497 e. The van der Waals surface area contributed by atoms with Gasteiger partial charge >= 0.3 is 0 Å². The van der Waals surface area contributed by atoms with Crippen LogP contribution in [0.5, 0.6) is 5.75 Å². The minimum Gasteiger partial charge on any atom is -0.497 e. The van der Waals surface area contributed by atoms with E-state index in [0.29, 0.717) is 6.42 Å². The Morgan fingerprint density at radius 2 is 2.00 bits per heavy atom. The van der Waals surface area contributed by atoms with Crippen LogP contribution in [0, 0.1) is 0 Å². The summed E-state index contributed by atoms with van der Waals surface area (Å²) in [5.41, 5.74) is 2.96. The minimum atomic E-state index is -0.242. The van der Waals surface area contributed by atoms with Crippen molar-refractivity contribution in [2.24, 2.45) is 5.10 Å². The van der Waals surface area contributed by atoms with Crippen LogP contribution in [0.2, 0.25) is 0 Å². The van der Waals surface area contributed by atoms with Crippen molar-refractivity contribution in [3.05, 3.63) is 78.3 Å². The molecule has 2 aliphatic heterocycles. The molecule has 0 N–H and O–H groups in total. The molecular formula is C24H23N3O3S. The average Bonchev–Trinajstić information content (AvgIpc) is 3.49. The van der Waals surface area contributed by atoms with E-state index < -0.39 is 0 Å². The quantitative estimate of drug-likeness (QED) is 0.590. The Balaban J connectivity index is 1.41. The van der Waals surface area contributed by atoms with Crippen molar-refractivity contribution in [1.82, 2.24) is 5.01 Å². The van der Waals surface area contributed by atoms with Gasteiger partial charge in [0.25, 0.3) is 5.91 Å². The molecule has 0 saturated carbocycles. The molecule has 1 atom stereocenters. The molecule has 0 spiro atoms. The molecule has 0 unspecified atom stereocenters. The topological polar surface area (TPSA) is 58.3 Å². The molecule has 0 saturated heterocycles. The zero-order valence-corrected chi connectivity index (χ0v) is 18.0. The Bertz CT molecular complexity index is 1100. The van der Waals surface area contributed by atoms with Gasteiger partial charge in [0.15, 0.2) is 0 Å². The smallest absolute Gasteiger partial charge is 0.262 e. The maximum Gasteiger partial charge on any atom is 0.262 e. The lowest BCUT2D eigenvalue weighted by Gasteiger charge is -2.31. The molecule has 0 bridgehead atoms. The summed E-state index contributed by atoms with van der Waals surface area (Å²) in [7, 11) is 1.65. The van der Waals surface area contributed by atoms with Crippen LogP contribution in [0.1, 0.15) is 23.8 Å². The lowest BCUT2D eigenvalue weighted by atomic mass is 10.0. The van der Waals surface area contributed by atoms with Gasteiger partial charge in [-0.05, 0) is 54.1 Å². The molecule has 0 aliphatic carbocycles.